The van der Waals surface area contributed by atoms with Gasteiger partial charge in [0.1, 0.15) is 0 Å². The molecule has 8 nitrogen and oxygen atoms in total. The molecular weight excluding hydrogens is 320 g/mol. The number of carboxylic acid groups (broad SMARTS) is 1. The van der Waals surface area contributed by atoms with Crippen molar-refractivity contribution in [2.24, 2.45) is 0 Å². The molecule has 0 bridgehead atoms. The van der Waals surface area contributed by atoms with Crippen molar-refractivity contribution < 1.29 is 14.8 Å². The first-order valence-corrected chi connectivity index (χ1v) is 5.81. The van der Waals surface area contributed by atoms with E-state index in [4.69, 9.17) is 5.11 Å². The molecule has 0 amide bonds. The first-order chi connectivity index (χ1) is 8.91. The van der Waals surface area contributed by atoms with E-state index in [9.17, 15) is 14.9 Å². The average molecular weight is 327 g/mol. The van der Waals surface area contributed by atoms with E-state index in [2.05, 4.69) is 26.2 Å². The van der Waals surface area contributed by atoms with E-state index < -0.39 is 10.9 Å². The molecule has 1 aromatic carbocycles. The van der Waals surface area contributed by atoms with Gasteiger partial charge in [-0.15, -0.1) is 5.10 Å². The Balaban J connectivity index is 2.61. The summed E-state index contributed by atoms with van der Waals surface area (Å²) in [5.74, 6) is -1.20. The summed E-state index contributed by atoms with van der Waals surface area (Å²) in [5, 5.41) is 26.9. The highest BCUT2D eigenvalue weighted by atomic mass is 79.9. The first kappa shape index (κ1) is 13.1. The zero-order valence-corrected chi connectivity index (χ0v) is 11.2. The van der Waals surface area contributed by atoms with Crippen molar-refractivity contribution in [3.05, 3.63) is 44.2 Å². The number of carboxylic acids is 1. The van der Waals surface area contributed by atoms with Crippen molar-refractivity contribution in [1.29, 1.82) is 0 Å². The Labute approximate surface area is 114 Å². The topological polar surface area (TPSA) is 111 Å². The number of halogens is 1. The Morgan fingerprint density at radius 1 is 1.53 bits per heavy atom. The van der Waals surface area contributed by atoms with Crippen LogP contribution in [0.3, 0.4) is 0 Å². The Kier molecular flexibility index (Phi) is 3.30. The number of hydrogen-bond donors (Lipinski definition) is 1. The van der Waals surface area contributed by atoms with Gasteiger partial charge in [-0.3, -0.25) is 10.1 Å². The minimum atomic E-state index is -1.20. The monoisotopic (exact) mass is 326 g/mol. The number of rotatable bonds is 3. The van der Waals surface area contributed by atoms with Gasteiger partial charge < -0.3 is 5.11 Å². The van der Waals surface area contributed by atoms with Gasteiger partial charge in [0.2, 0.25) is 0 Å². The summed E-state index contributed by atoms with van der Waals surface area (Å²) >= 11 is 3.24. The Hall–Kier alpha value is -2.29. The van der Waals surface area contributed by atoms with Crippen molar-refractivity contribution in [1.82, 2.24) is 15.0 Å². The van der Waals surface area contributed by atoms with Crippen LogP contribution in [0.1, 0.15) is 16.2 Å². The van der Waals surface area contributed by atoms with Crippen molar-refractivity contribution >= 4 is 27.6 Å². The van der Waals surface area contributed by atoms with Gasteiger partial charge in [-0.1, -0.05) is 5.21 Å². The lowest BCUT2D eigenvalue weighted by Gasteiger charge is -2.05. The van der Waals surface area contributed by atoms with E-state index >= 15 is 0 Å². The number of benzene rings is 1. The van der Waals surface area contributed by atoms with Crippen LogP contribution < -0.4 is 0 Å². The Morgan fingerprint density at radius 2 is 2.21 bits per heavy atom. The van der Waals surface area contributed by atoms with Crippen molar-refractivity contribution in [3.63, 3.8) is 0 Å². The van der Waals surface area contributed by atoms with E-state index in [1.165, 1.54) is 29.8 Å². The van der Waals surface area contributed by atoms with Crippen LogP contribution in [0.5, 0.6) is 0 Å². The van der Waals surface area contributed by atoms with Crippen LogP contribution in [-0.2, 0) is 0 Å². The maximum Gasteiger partial charge on any atom is 0.358 e. The Morgan fingerprint density at radius 3 is 2.74 bits per heavy atom. The first-order valence-electron chi connectivity index (χ1n) is 5.01. The summed E-state index contributed by atoms with van der Waals surface area (Å²) in [4.78, 5) is 21.1. The minimum absolute atomic E-state index is 0.120. The molecule has 2 aromatic rings. The molecule has 0 unspecified atom stereocenters. The molecule has 1 N–H and O–H groups in total. The molecule has 9 heteroatoms. The summed E-state index contributed by atoms with van der Waals surface area (Å²) in [7, 11) is 0. The molecule has 0 saturated heterocycles. The predicted octanol–water partition coefficient (Wildman–Crippen LogP) is 1.94. The summed E-state index contributed by atoms with van der Waals surface area (Å²) in [6.45, 7) is 1.52. The second kappa shape index (κ2) is 4.76. The van der Waals surface area contributed by atoms with Gasteiger partial charge in [-0.25, -0.2) is 9.48 Å². The third-order valence-electron chi connectivity index (χ3n) is 2.47. The number of nitro groups is 1. The van der Waals surface area contributed by atoms with Crippen LogP contribution in [0.25, 0.3) is 5.69 Å². The van der Waals surface area contributed by atoms with Crippen molar-refractivity contribution in [3.8, 4) is 5.69 Å². The minimum Gasteiger partial charge on any atom is -0.476 e. The fourth-order valence-electron chi connectivity index (χ4n) is 1.53. The third kappa shape index (κ3) is 2.32. The number of hydrogen-bond acceptors (Lipinski definition) is 5. The number of aromatic nitrogens is 3. The molecule has 1 aromatic heterocycles. The lowest BCUT2D eigenvalue weighted by Crippen LogP contribution is -2.04. The highest BCUT2D eigenvalue weighted by Crippen LogP contribution is 2.26. The number of non-ortho nitro benzene ring substituents is 1. The highest BCUT2D eigenvalue weighted by Gasteiger charge is 2.19. The molecule has 19 heavy (non-hydrogen) atoms. The molecular formula is C10H7BrN4O4. The number of nitro benzene ring substituents is 1. The smallest absolute Gasteiger partial charge is 0.358 e. The SMILES string of the molecule is Cc1c(C(=O)O)nnn1-c1cc([N+](=O)[O-])ccc1Br. The van der Waals surface area contributed by atoms with Gasteiger partial charge in [-0.05, 0) is 28.9 Å². The van der Waals surface area contributed by atoms with Crippen LogP contribution in [0.4, 0.5) is 5.69 Å². The van der Waals surface area contributed by atoms with E-state index in [0.717, 1.165) is 0 Å². The van der Waals surface area contributed by atoms with Crippen molar-refractivity contribution in [2.75, 3.05) is 0 Å². The van der Waals surface area contributed by atoms with Gasteiger partial charge in [0, 0.05) is 16.6 Å². The van der Waals surface area contributed by atoms with Crippen LogP contribution in [0.15, 0.2) is 22.7 Å². The fraction of sp³-hybridized carbons (Fsp3) is 0.100. The summed E-state index contributed by atoms with van der Waals surface area (Å²) in [6, 6.07) is 4.12. The fourth-order valence-corrected chi connectivity index (χ4v) is 1.95. The number of carbonyl (C=O) groups is 1. The zero-order valence-electron chi connectivity index (χ0n) is 9.57. The van der Waals surface area contributed by atoms with E-state index in [-0.39, 0.29) is 17.1 Å². The molecule has 0 fully saturated rings. The van der Waals surface area contributed by atoms with Gasteiger partial charge in [0.25, 0.3) is 5.69 Å². The van der Waals surface area contributed by atoms with Gasteiger partial charge >= 0.3 is 5.97 Å². The molecule has 0 radical (unpaired) electrons. The maximum absolute atomic E-state index is 10.9. The largest absolute Gasteiger partial charge is 0.476 e. The third-order valence-corrected chi connectivity index (χ3v) is 3.14. The molecule has 1 heterocycles. The molecule has 98 valence electrons. The summed E-state index contributed by atoms with van der Waals surface area (Å²) in [6.07, 6.45) is 0. The normalized spacial score (nSPS) is 10.4. The molecule has 0 aliphatic carbocycles. The average Bonchev–Trinajstić information content (AvgIpc) is 2.71. The quantitative estimate of drug-likeness (QED) is 0.681. The van der Waals surface area contributed by atoms with Crippen LogP contribution >= 0.6 is 15.9 Å². The number of nitrogens with zero attached hydrogens (tertiary/aromatic N) is 4. The molecule has 0 saturated carbocycles. The summed E-state index contributed by atoms with van der Waals surface area (Å²) < 4.78 is 1.78. The lowest BCUT2D eigenvalue weighted by atomic mass is 10.2. The second-order valence-electron chi connectivity index (χ2n) is 3.63. The highest BCUT2D eigenvalue weighted by molar-refractivity contribution is 9.10. The standard InChI is InChI=1S/C10H7BrN4O4/c1-5-9(10(16)17)12-13-14(5)8-4-6(15(18)19)2-3-7(8)11/h2-4H,1H3,(H,16,17). The van der Waals surface area contributed by atoms with Gasteiger partial charge in [-0.2, -0.15) is 0 Å². The van der Waals surface area contributed by atoms with Crippen LogP contribution in [-0.4, -0.2) is 31.0 Å². The molecule has 0 aliphatic heterocycles. The van der Waals surface area contributed by atoms with Crippen LogP contribution in [0, 0.1) is 17.0 Å². The van der Waals surface area contributed by atoms with Crippen LogP contribution in [0.2, 0.25) is 0 Å². The zero-order chi connectivity index (χ0) is 14.2. The second-order valence-corrected chi connectivity index (χ2v) is 4.49. The van der Waals surface area contributed by atoms with Gasteiger partial charge in [0.05, 0.1) is 16.3 Å². The van der Waals surface area contributed by atoms with E-state index in [1.807, 2.05) is 0 Å². The van der Waals surface area contributed by atoms with E-state index in [0.29, 0.717) is 10.2 Å². The molecule has 0 atom stereocenters. The van der Waals surface area contributed by atoms with E-state index in [1.54, 1.807) is 0 Å². The van der Waals surface area contributed by atoms with Crippen molar-refractivity contribution in [2.45, 2.75) is 6.92 Å². The lowest BCUT2D eigenvalue weighted by molar-refractivity contribution is -0.384. The molecule has 2 rings (SSSR count). The Bertz CT molecular complexity index is 682. The van der Waals surface area contributed by atoms with Gasteiger partial charge in [0.15, 0.2) is 5.69 Å². The molecule has 0 aliphatic rings. The predicted molar refractivity (Wildman–Crippen MR) is 67.4 cm³/mol. The summed E-state index contributed by atoms with van der Waals surface area (Å²) in [5.41, 5.74) is 0.323. The maximum atomic E-state index is 10.9. The number of aromatic carboxylic acids is 1. The molecule has 0 spiro atoms.